The van der Waals surface area contributed by atoms with Crippen LogP contribution < -0.4 is 5.56 Å². The van der Waals surface area contributed by atoms with Crippen molar-refractivity contribution in [1.29, 1.82) is 0 Å². The Morgan fingerprint density at radius 3 is 2.50 bits per heavy atom. The Morgan fingerprint density at radius 2 is 1.81 bits per heavy atom. The van der Waals surface area contributed by atoms with Crippen molar-refractivity contribution in [3.63, 3.8) is 0 Å². The van der Waals surface area contributed by atoms with Gasteiger partial charge in [0.1, 0.15) is 0 Å². The van der Waals surface area contributed by atoms with Crippen LogP contribution in [0.1, 0.15) is 5.69 Å². The normalized spacial score (nSPS) is 11.7. The highest BCUT2D eigenvalue weighted by Gasteiger charge is 2.34. The molecule has 2 aromatic rings. The summed E-state index contributed by atoms with van der Waals surface area (Å²) in [7, 11) is 0. The molecule has 0 amide bonds. The van der Waals surface area contributed by atoms with Gasteiger partial charge in [0, 0.05) is 5.39 Å². The molecule has 0 saturated heterocycles. The van der Waals surface area contributed by atoms with Gasteiger partial charge in [-0.05, 0) is 6.07 Å². The fraction of sp³-hybridized carbons (Fsp3) is 0.100. The quantitative estimate of drug-likeness (QED) is 0.690. The maximum absolute atomic E-state index is 12.6. The van der Waals surface area contributed by atoms with E-state index in [-0.39, 0.29) is 10.9 Å². The Bertz CT molecular complexity index is 595. The molecule has 1 aromatic carbocycles. The van der Waals surface area contributed by atoms with Gasteiger partial charge in [-0.25, -0.2) is 9.97 Å². The van der Waals surface area contributed by atoms with Crippen LogP contribution in [0.4, 0.5) is 13.2 Å². The number of benzene rings is 1. The molecule has 6 heteroatoms. The molecule has 0 aliphatic carbocycles. The van der Waals surface area contributed by atoms with Crippen molar-refractivity contribution in [3.8, 4) is 0 Å². The Hall–Kier alpha value is -1.98. The average Bonchev–Trinajstić information content (AvgIpc) is 2.34. The van der Waals surface area contributed by atoms with Crippen molar-refractivity contribution in [2.75, 3.05) is 0 Å². The van der Waals surface area contributed by atoms with Gasteiger partial charge < -0.3 is 0 Å². The Morgan fingerprint density at radius 1 is 1.12 bits per heavy atom. The first kappa shape index (κ1) is 10.5. The number of hydrogen-bond acceptors (Lipinski definition) is 3. The first-order chi connectivity index (χ1) is 7.48. The molecule has 2 rings (SSSR count). The molecule has 0 aliphatic rings. The van der Waals surface area contributed by atoms with Crippen LogP contribution in [0, 0.1) is 0 Å². The number of alkyl halides is 3. The summed E-state index contributed by atoms with van der Waals surface area (Å²) in [5.41, 5.74) is -1.92. The molecule has 0 unspecified atom stereocenters. The number of para-hydroxylation sites is 1. The largest absolute Gasteiger partial charge is 0.434 e. The zero-order valence-corrected chi connectivity index (χ0v) is 7.82. The third-order valence-electron chi connectivity index (χ3n) is 1.96. The number of aromatic nitrogens is 2. The minimum atomic E-state index is -4.60. The molecule has 0 spiro atoms. The number of nitrogens with zero attached hydrogens (tertiary/aromatic N) is 2. The molecule has 3 nitrogen and oxygen atoms in total. The smallest absolute Gasteiger partial charge is 0.266 e. The summed E-state index contributed by atoms with van der Waals surface area (Å²) in [6.07, 6.45) is -4.03. The number of fused-ring (bicyclic) bond motifs is 1. The molecular formula is C10H5F3N2O. The lowest BCUT2D eigenvalue weighted by atomic mass is 10.2. The lowest BCUT2D eigenvalue weighted by molar-refractivity contribution is -0.139. The first-order valence-corrected chi connectivity index (χ1v) is 4.32. The van der Waals surface area contributed by atoms with Crippen molar-refractivity contribution in [3.05, 3.63) is 46.5 Å². The highest BCUT2D eigenvalue weighted by atomic mass is 19.4. The monoisotopic (exact) mass is 226 g/mol. The molecule has 0 fully saturated rings. The molecule has 1 aromatic heterocycles. The van der Waals surface area contributed by atoms with E-state index in [4.69, 9.17) is 0 Å². The third kappa shape index (κ3) is 1.86. The average molecular weight is 226 g/mol. The second-order valence-corrected chi connectivity index (χ2v) is 3.07. The summed E-state index contributed by atoms with van der Waals surface area (Å²) in [6, 6.07) is 5.52. The molecule has 0 aliphatic heterocycles. The van der Waals surface area contributed by atoms with E-state index in [9.17, 15) is 18.0 Å². The number of halogens is 3. The molecule has 16 heavy (non-hydrogen) atoms. The predicted octanol–water partition coefficient (Wildman–Crippen LogP) is 2.01. The summed E-state index contributed by atoms with van der Waals surface area (Å²) >= 11 is 0. The maximum Gasteiger partial charge on any atom is 0.434 e. The summed E-state index contributed by atoms with van der Waals surface area (Å²) in [5, 5.41) is -0.183. The van der Waals surface area contributed by atoms with Gasteiger partial charge in [-0.3, -0.25) is 4.79 Å². The highest BCUT2D eigenvalue weighted by Crippen LogP contribution is 2.31. The zero-order chi connectivity index (χ0) is 11.8. The fourth-order valence-electron chi connectivity index (χ4n) is 1.33. The van der Waals surface area contributed by atoms with E-state index < -0.39 is 17.4 Å². The minimum Gasteiger partial charge on any atom is -0.266 e. The fourth-order valence-corrected chi connectivity index (χ4v) is 1.33. The van der Waals surface area contributed by atoms with Crippen LogP contribution in [-0.4, -0.2) is 9.97 Å². The van der Waals surface area contributed by atoms with E-state index in [1.807, 2.05) is 0 Å². The van der Waals surface area contributed by atoms with Gasteiger partial charge in [0.15, 0.2) is 5.69 Å². The van der Waals surface area contributed by atoms with Gasteiger partial charge in [0.05, 0.1) is 11.7 Å². The topological polar surface area (TPSA) is 42.9 Å². The van der Waals surface area contributed by atoms with Crippen LogP contribution in [0.15, 0.2) is 35.3 Å². The lowest BCUT2D eigenvalue weighted by Gasteiger charge is -2.04. The maximum atomic E-state index is 12.6. The summed E-state index contributed by atoms with van der Waals surface area (Å²) in [4.78, 5) is 17.7. The van der Waals surface area contributed by atoms with Crippen molar-refractivity contribution in [2.24, 2.45) is 0 Å². The predicted molar refractivity (Wildman–Crippen MR) is 50.8 cm³/mol. The van der Waals surface area contributed by atoms with E-state index >= 15 is 0 Å². The Balaban J connectivity index is 2.96. The summed E-state index contributed by atoms with van der Waals surface area (Å²) < 4.78 is 37.9. The molecule has 0 radical (unpaired) electrons. The van der Waals surface area contributed by atoms with Crippen LogP contribution in [0.2, 0.25) is 0 Å². The highest BCUT2D eigenvalue weighted by molar-refractivity contribution is 5.80. The van der Waals surface area contributed by atoms with E-state index in [2.05, 4.69) is 9.97 Å². The van der Waals surface area contributed by atoms with Crippen molar-refractivity contribution < 1.29 is 13.2 Å². The lowest BCUT2D eigenvalue weighted by Crippen LogP contribution is -2.07. The van der Waals surface area contributed by atoms with Crippen LogP contribution in [0.25, 0.3) is 10.9 Å². The first-order valence-electron chi connectivity index (χ1n) is 4.32. The van der Waals surface area contributed by atoms with E-state index in [0.717, 1.165) is 0 Å². The molecule has 0 bridgehead atoms. The zero-order valence-electron chi connectivity index (χ0n) is 7.82. The second-order valence-electron chi connectivity index (χ2n) is 3.07. The standard InChI is InChI=1S/C10H5F3N2O/c11-10(12,13)9-6-3-1-2-4-7(6)15-8(16)5-14-9/h1-5H. The van der Waals surface area contributed by atoms with Gasteiger partial charge in [-0.2, -0.15) is 13.2 Å². The van der Waals surface area contributed by atoms with Crippen molar-refractivity contribution >= 4 is 10.9 Å². The third-order valence-corrected chi connectivity index (χ3v) is 1.96. The van der Waals surface area contributed by atoms with E-state index in [1.165, 1.54) is 24.3 Å². The van der Waals surface area contributed by atoms with E-state index in [0.29, 0.717) is 6.20 Å². The van der Waals surface area contributed by atoms with Crippen molar-refractivity contribution in [1.82, 2.24) is 9.97 Å². The van der Waals surface area contributed by atoms with Crippen molar-refractivity contribution in [2.45, 2.75) is 6.18 Å². The second kappa shape index (κ2) is 3.55. The number of hydrogen-bond donors (Lipinski definition) is 0. The Kier molecular flexibility index (Phi) is 2.34. The summed E-state index contributed by atoms with van der Waals surface area (Å²) in [5.74, 6) is 0. The van der Waals surface area contributed by atoms with Gasteiger partial charge in [0.25, 0.3) is 5.56 Å². The van der Waals surface area contributed by atoms with Crippen LogP contribution >= 0.6 is 0 Å². The molecule has 1 heterocycles. The SMILES string of the molecule is O=c1cnc(C(F)(F)F)c2ccccc2n1. The summed E-state index contributed by atoms with van der Waals surface area (Å²) in [6.45, 7) is 0. The molecule has 0 N–H and O–H groups in total. The van der Waals surface area contributed by atoms with Gasteiger partial charge in [-0.1, -0.05) is 18.2 Å². The van der Waals surface area contributed by atoms with Crippen LogP contribution in [-0.2, 0) is 6.18 Å². The Labute approximate surface area is 87.6 Å². The van der Waals surface area contributed by atoms with E-state index in [1.54, 1.807) is 0 Å². The van der Waals surface area contributed by atoms with Crippen LogP contribution in [0.3, 0.4) is 0 Å². The van der Waals surface area contributed by atoms with Crippen LogP contribution in [0.5, 0.6) is 0 Å². The molecule has 82 valence electrons. The molecule has 0 atom stereocenters. The van der Waals surface area contributed by atoms with Gasteiger partial charge in [0.2, 0.25) is 0 Å². The van der Waals surface area contributed by atoms with Gasteiger partial charge in [-0.15, -0.1) is 0 Å². The minimum absolute atomic E-state index is 0.0164. The molecular weight excluding hydrogens is 221 g/mol. The van der Waals surface area contributed by atoms with Gasteiger partial charge >= 0.3 is 6.18 Å². The number of rotatable bonds is 0. The molecule has 0 saturated carbocycles.